The van der Waals surface area contributed by atoms with Gasteiger partial charge in [0.05, 0.1) is 47.9 Å². The van der Waals surface area contributed by atoms with Gasteiger partial charge in [-0.1, -0.05) is 68.9 Å². The third-order valence-corrected chi connectivity index (χ3v) is 13.6. The van der Waals surface area contributed by atoms with Crippen molar-refractivity contribution in [2.75, 3.05) is 27.8 Å². The second-order valence-corrected chi connectivity index (χ2v) is 21.6. The maximum Gasteiger partial charge on any atom is 0.509 e. The van der Waals surface area contributed by atoms with Crippen molar-refractivity contribution in [1.82, 2.24) is 4.90 Å². The first kappa shape index (κ1) is 55.3. The Morgan fingerprint density at radius 1 is 0.892 bits per heavy atom. The van der Waals surface area contributed by atoms with Crippen molar-refractivity contribution in [3.8, 4) is 0 Å². The van der Waals surface area contributed by atoms with Crippen molar-refractivity contribution >= 4 is 64.8 Å². The monoisotopic (exact) mass is 989 g/mol. The largest absolute Gasteiger partial charge is 0.509 e. The molecule has 0 amide bonds. The Labute approximate surface area is 397 Å². The lowest BCUT2D eigenvalue weighted by Crippen LogP contribution is -2.61. The van der Waals surface area contributed by atoms with Crippen molar-refractivity contribution in [2.45, 2.75) is 196 Å². The summed E-state index contributed by atoms with van der Waals surface area (Å²) in [6.45, 7) is 17.4. The Balaban J connectivity index is 1.85. The molecule has 4 fully saturated rings. The molecule has 18 atom stereocenters. The van der Waals surface area contributed by atoms with Gasteiger partial charge in [0, 0.05) is 32.3 Å². The second-order valence-electron chi connectivity index (χ2n) is 19.1. The van der Waals surface area contributed by atoms with Crippen LogP contribution < -0.4 is 0 Å². The van der Waals surface area contributed by atoms with Gasteiger partial charge in [-0.2, -0.15) is 0 Å². The summed E-state index contributed by atoms with van der Waals surface area (Å²) in [6, 6.07) is -0.367. The SMILES string of the molecule is CCC[C@H]1OC(=O)[C@H](C)[C@@H](OC2CC(C)(OC)C(OC(=O)OCC(Cl)(Cl)Cl)C(C)O2)[C@H](C)[C@@H](OC2OC(C)CC(N(C)C)C2OC(C)=O)[C@](C)(O)C[C@@H](C)C(=O)[C@H](C)[C@H]2OC(=O)O[C@@]21C. The molecule has 65 heavy (non-hydrogen) atoms. The molecule has 0 bridgehead atoms. The predicted octanol–water partition coefficient (Wildman–Crippen LogP) is 6.46. The molecule has 18 nitrogen and oxygen atoms in total. The number of nitrogens with zero attached hydrogens (tertiary/aromatic N) is 1. The van der Waals surface area contributed by atoms with Crippen LogP contribution in [0, 0.1) is 23.7 Å². The molecule has 4 aliphatic rings. The zero-order valence-electron chi connectivity index (χ0n) is 40.0. The standard InChI is InChI=1S/C44H70Cl3NO17/c1-15-16-29-43(11)35(63-40(53)65-43)23(4)31(50)21(2)18-41(9,54)34(62-38-33(59-27(8)49)28(48(12)13)17-22(3)57-38)24(5)32(25(6)37(51)60-29)61-30-19-42(10,55-14)36(26(7)58-30)64-39(52)56-20-44(45,46)47/h21-26,28-30,32-36,38,54H,15-20H2,1-14H3/t21-,22?,23+,24+,25-,26?,28?,29-,30?,32+,33?,34-,35-,36?,38?,41-,42?,43-/m1/s1. The Kier molecular flexibility index (Phi) is 18.7. The third-order valence-electron chi connectivity index (χ3n) is 13.3. The maximum atomic E-state index is 14.7. The molecular formula is C44H70Cl3NO17. The molecule has 0 saturated carbocycles. The van der Waals surface area contributed by atoms with E-state index >= 15 is 0 Å². The second kappa shape index (κ2) is 22.0. The summed E-state index contributed by atoms with van der Waals surface area (Å²) in [5.41, 5.74) is -4.75. The van der Waals surface area contributed by atoms with Crippen LogP contribution in [0.25, 0.3) is 0 Å². The molecule has 8 unspecified atom stereocenters. The lowest BCUT2D eigenvalue weighted by Gasteiger charge is -2.49. The minimum atomic E-state index is -1.90. The molecular weight excluding hydrogens is 921 g/mol. The zero-order valence-corrected chi connectivity index (χ0v) is 42.2. The van der Waals surface area contributed by atoms with Crippen LogP contribution in [0.4, 0.5) is 9.59 Å². The van der Waals surface area contributed by atoms with Crippen molar-refractivity contribution in [3.05, 3.63) is 0 Å². The molecule has 0 aromatic heterocycles. The van der Waals surface area contributed by atoms with E-state index < -0.39 is 130 Å². The van der Waals surface area contributed by atoms with Gasteiger partial charge in [0.25, 0.3) is 0 Å². The number of halogens is 3. The number of methoxy groups -OCH3 is 1. The quantitative estimate of drug-likeness (QED) is 0.134. The predicted molar refractivity (Wildman–Crippen MR) is 234 cm³/mol. The lowest BCUT2D eigenvalue weighted by atomic mass is 9.74. The molecule has 4 saturated heterocycles. The Bertz CT molecular complexity index is 1680. The summed E-state index contributed by atoms with van der Waals surface area (Å²) in [6.07, 6.45) is -11.7. The number of likely N-dealkylation sites (N-methyl/N-ethyl adjacent to an activating group) is 1. The fourth-order valence-corrected chi connectivity index (χ4v) is 10.1. The number of cyclic esters (lactones) is 1. The van der Waals surface area contributed by atoms with Gasteiger partial charge in [0.2, 0.25) is 3.79 Å². The van der Waals surface area contributed by atoms with Crippen molar-refractivity contribution in [2.24, 2.45) is 23.7 Å². The number of hydrogen-bond donors (Lipinski definition) is 1. The average molecular weight is 991 g/mol. The number of carbonyl (C=O) groups is 5. The van der Waals surface area contributed by atoms with Crippen LogP contribution in [0.2, 0.25) is 0 Å². The third kappa shape index (κ3) is 13.3. The van der Waals surface area contributed by atoms with Gasteiger partial charge in [-0.3, -0.25) is 14.4 Å². The molecule has 1 N–H and O–H groups in total. The summed E-state index contributed by atoms with van der Waals surface area (Å²) in [5.74, 6) is -5.64. The fourth-order valence-electron chi connectivity index (χ4n) is 9.94. The van der Waals surface area contributed by atoms with Gasteiger partial charge in [-0.15, -0.1) is 0 Å². The van der Waals surface area contributed by atoms with E-state index in [2.05, 4.69) is 0 Å². The van der Waals surface area contributed by atoms with Crippen LogP contribution in [-0.4, -0.2) is 156 Å². The summed E-state index contributed by atoms with van der Waals surface area (Å²) < 4.78 is 64.7. The van der Waals surface area contributed by atoms with E-state index in [9.17, 15) is 29.1 Å². The number of ketones is 1. The van der Waals surface area contributed by atoms with Gasteiger partial charge in [-0.05, 0) is 74.9 Å². The Hall–Kier alpha value is -2.26. The molecule has 0 radical (unpaired) electrons. The molecule has 0 spiro atoms. The van der Waals surface area contributed by atoms with Gasteiger partial charge in [0.1, 0.15) is 24.1 Å². The molecule has 374 valence electrons. The smallest absolute Gasteiger partial charge is 0.458 e. The van der Waals surface area contributed by atoms with Gasteiger partial charge in [-0.25, -0.2) is 9.59 Å². The van der Waals surface area contributed by atoms with Gasteiger partial charge >= 0.3 is 24.2 Å². The van der Waals surface area contributed by atoms with Crippen LogP contribution in [0.3, 0.4) is 0 Å². The normalized spacial score (nSPS) is 42.2. The number of hydrogen-bond acceptors (Lipinski definition) is 18. The van der Waals surface area contributed by atoms with E-state index in [-0.39, 0.29) is 37.2 Å². The highest BCUT2D eigenvalue weighted by molar-refractivity contribution is 6.67. The molecule has 4 heterocycles. The van der Waals surface area contributed by atoms with Crippen LogP contribution in [0.15, 0.2) is 0 Å². The van der Waals surface area contributed by atoms with Crippen molar-refractivity contribution in [1.29, 1.82) is 0 Å². The van der Waals surface area contributed by atoms with Crippen molar-refractivity contribution in [3.63, 3.8) is 0 Å². The van der Waals surface area contributed by atoms with Gasteiger partial charge < -0.3 is 62.1 Å². The number of Topliss-reactive ketones (excluding diaryl/α,β-unsaturated/α-hetero) is 1. The Morgan fingerprint density at radius 3 is 2.11 bits per heavy atom. The number of rotatable bonds is 11. The maximum absolute atomic E-state index is 14.7. The summed E-state index contributed by atoms with van der Waals surface area (Å²) in [7, 11) is 5.10. The van der Waals surface area contributed by atoms with Crippen LogP contribution in [0.5, 0.6) is 0 Å². The van der Waals surface area contributed by atoms with E-state index in [1.165, 1.54) is 21.0 Å². The van der Waals surface area contributed by atoms with Crippen LogP contribution in [-0.2, 0) is 66.5 Å². The highest BCUT2D eigenvalue weighted by atomic mass is 35.6. The molecule has 0 aromatic rings. The molecule has 0 aromatic carbocycles. The minimum absolute atomic E-state index is 0.0691. The molecule has 4 rings (SSSR count). The summed E-state index contributed by atoms with van der Waals surface area (Å²) in [4.78, 5) is 69.3. The number of esters is 2. The van der Waals surface area contributed by atoms with E-state index in [0.29, 0.717) is 12.8 Å². The van der Waals surface area contributed by atoms with Gasteiger partial charge in [0.15, 0.2) is 36.5 Å². The topological polar surface area (TPSA) is 210 Å². The number of ether oxygens (including phenoxy) is 11. The molecule has 4 aliphatic heterocycles. The first-order chi connectivity index (χ1) is 30.0. The highest BCUT2D eigenvalue weighted by Gasteiger charge is 2.60. The number of fused-ring (bicyclic) bond motifs is 1. The average Bonchev–Trinajstić information content (AvgIpc) is 3.52. The summed E-state index contributed by atoms with van der Waals surface area (Å²) in [5, 5.41) is 12.8. The molecule has 0 aliphatic carbocycles. The van der Waals surface area contributed by atoms with Crippen molar-refractivity contribution < 1.29 is 81.2 Å². The lowest BCUT2D eigenvalue weighted by molar-refractivity contribution is -0.319. The first-order valence-electron chi connectivity index (χ1n) is 22.2. The fraction of sp³-hybridized carbons (Fsp3) is 0.886. The minimum Gasteiger partial charge on any atom is -0.458 e. The first-order valence-corrected chi connectivity index (χ1v) is 23.4. The Morgan fingerprint density at radius 2 is 1.54 bits per heavy atom. The number of alkyl halides is 3. The molecule has 21 heteroatoms. The van der Waals surface area contributed by atoms with Crippen LogP contribution >= 0.6 is 34.8 Å². The van der Waals surface area contributed by atoms with Crippen LogP contribution in [0.1, 0.15) is 108 Å². The van der Waals surface area contributed by atoms with E-state index in [1.807, 2.05) is 32.8 Å². The number of carbonyl (C=O) groups excluding carboxylic acids is 5. The number of aliphatic hydroxyl groups is 1. The highest BCUT2D eigenvalue weighted by Crippen LogP contribution is 2.44. The van der Waals surface area contributed by atoms with E-state index in [0.717, 1.165) is 0 Å². The zero-order chi connectivity index (χ0) is 49.1. The van der Waals surface area contributed by atoms with E-state index in [1.54, 1.807) is 48.5 Å². The summed E-state index contributed by atoms with van der Waals surface area (Å²) >= 11 is 17.3. The van der Waals surface area contributed by atoms with E-state index in [4.69, 9.17) is 86.9 Å².